The fraction of sp³-hybridized carbons (Fsp3) is 0. The Labute approximate surface area is 82.9 Å². The van der Waals surface area contributed by atoms with E-state index in [1.54, 1.807) is 6.20 Å². The van der Waals surface area contributed by atoms with E-state index in [0.717, 1.165) is 0 Å². The number of H-pyrrole nitrogens is 1. The third-order valence-electron chi connectivity index (χ3n) is 0.762. The van der Waals surface area contributed by atoms with Crippen molar-refractivity contribution in [3.8, 4) is 0 Å². The van der Waals surface area contributed by atoms with Gasteiger partial charge in [0, 0.05) is 17.3 Å². The molecule has 0 radical (unpaired) electrons. The molecule has 1 unspecified atom stereocenters. The van der Waals surface area contributed by atoms with E-state index in [4.69, 9.17) is 0 Å². The third kappa shape index (κ3) is 3.50. The number of nitrogens with one attached hydrogen (secondary N) is 1. The molecule has 0 aliphatic heterocycles. The summed E-state index contributed by atoms with van der Waals surface area (Å²) in [6, 6.07) is 1.49. The van der Waals surface area contributed by atoms with Crippen molar-refractivity contribution in [3.05, 3.63) is 18.5 Å². The van der Waals surface area contributed by atoms with Gasteiger partial charge in [-0.1, -0.05) is 0 Å². The van der Waals surface area contributed by atoms with E-state index in [9.17, 15) is 8.76 Å². The Kier molecular flexibility index (Phi) is 7.90. The predicted molar refractivity (Wildman–Crippen MR) is 29.9 cm³/mol. The van der Waals surface area contributed by atoms with Gasteiger partial charge in [-0.25, -0.2) is 0 Å². The van der Waals surface area contributed by atoms with E-state index < -0.39 is 11.1 Å². The molecule has 0 aliphatic rings. The second kappa shape index (κ2) is 6.09. The number of hydrogen-bond donors (Lipinski definition) is 1. The molecule has 1 heterocycles. The summed E-state index contributed by atoms with van der Waals surface area (Å²) in [5.74, 6) is 0. The van der Waals surface area contributed by atoms with E-state index in [-0.39, 0.29) is 35.0 Å². The Morgan fingerprint density at radius 1 is 1.60 bits per heavy atom. The Hall–Kier alpha value is 0.350. The van der Waals surface area contributed by atoms with Crippen LogP contribution in [0.2, 0.25) is 0 Å². The average Bonchev–Trinajstić information content (AvgIpc) is 2.12. The van der Waals surface area contributed by atoms with Gasteiger partial charge in [-0.2, -0.15) is 0 Å². The van der Waals surface area contributed by atoms with Crippen LogP contribution in [0.3, 0.4) is 0 Å². The summed E-state index contributed by atoms with van der Waals surface area (Å²) in [4.78, 5) is 2.91. The van der Waals surface area contributed by atoms with Crippen LogP contribution in [0.5, 0.6) is 0 Å². The first-order valence-electron chi connectivity index (χ1n) is 2.03. The molecule has 1 atom stereocenters. The van der Waals surface area contributed by atoms with Crippen molar-refractivity contribution in [2.45, 2.75) is 4.90 Å². The van der Waals surface area contributed by atoms with E-state index in [2.05, 4.69) is 4.98 Å². The zero-order chi connectivity index (χ0) is 5.98. The van der Waals surface area contributed by atoms with Crippen LogP contribution in [-0.2, 0) is 11.1 Å². The number of aromatic amines is 1. The second-order valence-corrected chi connectivity index (χ2v) is 2.22. The van der Waals surface area contributed by atoms with Gasteiger partial charge in [-0.05, 0) is 17.1 Å². The van der Waals surface area contributed by atoms with Crippen molar-refractivity contribution < 1.29 is 43.8 Å². The van der Waals surface area contributed by atoms with Crippen LogP contribution in [0.1, 0.15) is 0 Å². The first-order chi connectivity index (χ1) is 3.80. The van der Waals surface area contributed by atoms with Gasteiger partial charge in [0.25, 0.3) is 0 Å². The zero-order valence-corrected chi connectivity index (χ0v) is 8.22. The Balaban J connectivity index is 0. The third-order valence-corrected chi connectivity index (χ3v) is 1.40. The minimum absolute atomic E-state index is 0. The van der Waals surface area contributed by atoms with Gasteiger partial charge in [-0.15, -0.1) is 0 Å². The molecule has 0 bridgehead atoms. The van der Waals surface area contributed by atoms with Gasteiger partial charge in [0.05, 0.1) is 0 Å². The summed E-state index contributed by atoms with van der Waals surface area (Å²) in [5.41, 5.74) is 0. The molecule has 0 saturated heterocycles. The standard InChI is InChI=1S/C4H5NO2S.Na.H2O/c6-8(7)4-1-2-5-3-4;;/h1-3,5H,(H,6,7);;1H2/q;+1;/p-2. The summed E-state index contributed by atoms with van der Waals surface area (Å²) in [6.07, 6.45) is 2.98. The SMILES string of the molecule is O=S([O-])c1cc[nH]c1.[Na+].[OH-]. The van der Waals surface area contributed by atoms with Crippen molar-refractivity contribution >= 4 is 11.1 Å². The van der Waals surface area contributed by atoms with Crippen LogP contribution < -0.4 is 29.6 Å². The Morgan fingerprint density at radius 3 is 2.40 bits per heavy atom. The van der Waals surface area contributed by atoms with Gasteiger partial charge < -0.3 is 15.0 Å². The fourth-order valence-corrected chi connectivity index (χ4v) is 0.756. The first-order valence-corrected chi connectivity index (χ1v) is 3.10. The molecule has 0 amide bonds. The van der Waals surface area contributed by atoms with Crippen LogP contribution in [0.25, 0.3) is 0 Å². The molecular formula is C4H5NNaO3S-. The maximum Gasteiger partial charge on any atom is 1.00 e. The maximum atomic E-state index is 10.0. The van der Waals surface area contributed by atoms with E-state index in [1.807, 2.05) is 0 Å². The molecule has 0 aliphatic carbocycles. The molecule has 0 saturated carbocycles. The molecule has 10 heavy (non-hydrogen) atoms. The van der Waals surface area contributed by atoms with Crippen molar-refractivity contribution in [3.63, 3.8) is 0 Å². The predicted octanol–water partition coefficient (Wildman–Crippen LogP) is -2.92. The zero-order valence-electron chi connectivity index (χ0n) is 5.40. The first kappa shape index (κ1) is 13.0. The quantitative estimate of drug-likeness (QED) is 0.362. The molecule has 4 nitrogen and oxygen atoms in total. The minimum atomic E-state index is -2.08. The summed E-state index contributed by atoms with van der Waals surface area (Å²) >= 11 is -2.08. The van der Waals surface area contributed by atoms with Crippen molar-refractivity contribution in [1.29, 1.82) is 0 Å². The molecule has 0 spiro atoms. The van der Waals surface area contributed by atoms with Crippen LogP contribution in [0, 0.1) is 0 Å². The molecule has 6 heteroatoms. The number of aromatic nitrogens is 1. The van der Waals surface area contributed by atoms with E-state index in [0.29, 0.717) is 4.90 Å². The molecule has 0 aromatic carbocycles. The summed E-state index contributed by atoms with van der Waals surface area (Å²) in [7, 11) is 0. The molecule has 0 fully saturated rings. The van der Waals surface area contributed by atoms with E-state index >= 15 is 0 Å². The van der Waals surface area contributed by atoms with Crippen LogP contribution in [0.4, 0.5) is 0 Å². The fourth-order valence-electron chi connectivity index (χ4n) is 0.412. The molecule has 1 aromatic rings. The van der Waals surface area contributed by atoms with Gasteiger partial charge in [0.2, 0.25) is 0 Å². The van der Waals surface area contributed by atoms with Gasteiger partial charge in [-0.3, -0.25) is 4.21 Å². The minimum Gasteiger partial charge on any atom is -0.870 e. The van der Waals surface area contributed by atoms with Crippen molar-refractivity contribution in [1.82, 2.24) is 4.98 Å². The van der Waals surface area contributed by atoms with Gasteiger partial charge >= 0.3 is 29.6 Å². The normalized spacial score (nSPS) is 10.9. The topological polar surface area (TPSA) is 85.9 Å². The molecule has 52 valence electrons. The Morgan fingerprint density at radius 2 is 2.20 bits per heavy atom. The van der Waals surface area contributed by atoms with Gasteiger partial charge in [0.15, 0.2) is 0 Å². The summed E-state index contributed by atoms with van der Waals surface area (Å²) in [5, 5.41) is 0. The average molecular weight is 170 g/mol. The number of hydrogen-bond acceptors (Lipinski definition) is 3. The summed E-state index contributed by atoms with van der Waals surface area (Å²) in [6.45, 7) is 0. The summed E-state index contributed by atoms with van der Waals surface area (Å²) < 4.78 is 20.1. The maximum absolute atomic E-state index is 10.0. The monoisotopic (exact) mass is 170 g/mol. The smallest absolute Gasteiger partial charge is 0.870 e. The molecular weight excluding hydrogens is 165 g/mol. The van der Waals surface area contributed by atoms with Crippen LogP contribution >= 0.6 is 0 Å². The molecule has 2 N–H and O–H groups in total. The molecule has 1 rings (SSSR count). The largest absolute Gasteiger partial charge is 1.00 e. The van der Waals surface area contributed by atoms with Crippen LogP contribution in [-0.4, -0.2) is 19.2 Å². The van der Waals surface area contributed by atoms with Crippen molar-refractivity contribution in [2.24, 2.45) is 0 Å². The van der Waals surface area contributed by atoms with Gasteiger partial charge in [0.1, 0.15) is 0 Å². The Bertz CT molecular complexity index is 188. The van der Waals surface area contributed by atoms with Crippen LogP contribution in [0.15, 0.2) is 23.4 Å². The van der Waals surface area contributed by atoms with E-state index in [1.165, 1.54) is 12.3 Å². The van der Waals surface area contributed by atoms with Crippen molar-refractivity contribution in [2.75, 3.05) is 0 Å². The molecule has 1 aromatic heterocycles. The second-order valence-electron chi connectivity index (χ2n) is 1.28. The number of rotatable bonds is 1.